The van der Waals surface area contributed by atoms with Crippen molar-refractivity contribution in [2.24, 2.45) is 7.05 Å². The number of amides is 1. The summed E-state index contributed by atoms with van der Waals surface area (Å²) in [6.45, 7) is 2.23. The van der Waals surface area contributed by atoms with Crippen LogP contribution in [0.4, 0.5) is 5.69 Å². The number of hydrogen-bond donors (Lipinski definition) is 3. The van der Waals surface area contributed by atoms with Crippen LogP contribution in [0.25, 0.3) is 22.2 Å². The first kappa shape index (κ1) is 21.3. The number of nitrogens with zero attached hydrogens (tertiary/aromatic N) is 3. The number of ether oxygens (including phenoxy) is 1. The van der Waals surface area contributed by atoms with E-state index in [0.29, 0.717) is 18.8 Å². The quantitative estimate of drug-likeness (QED) is 0.536. The molecule has 3 N–H and O–H groups in total. The Balaban J connectivity index is 1.78. The molecule has 0 saturated carbocycles. The van der Waals surface area contributed by atoms with Crippen LogP contribution >= 0.6 is 0 Å². The fraction of sp³-hybridized carbons (Fsp3) is 0.273. The molecule has 0 bridgehead atoms. The number of carboxylic acids is 1. The molecule has 10 heteroatoms. The lowest BCUT2D eigenvalue weighted by molar-refractivity contribution is -0.135. The first-order valence-corrected chi connectivity index (χ1v) is 10.0. The zero-order valence-electron chi connectivity index (χ0n) is 17.4. The van der Waals surface area contributed by atoms with Gasteiger partial charge in [0.15, 0.2) is 0 Å². The molecule has 4 rings (SSSR count). The third kappa shape index (κ3) is 4.00. The molecule has 1 aromatic carbocycles. The van der Waals surface area contributed by atoms with Gasteiger partial charge in [0.2, 0.25) is 0 Å². The Hall–Kier alpha value is -3.92. The Morgan fingerprint density at radius 1 is 1.19 bits per heavy atom. The van der Waals surface area contributed by atoms with Crippen LogP contribution in [-0.4, -0.2) is 64.5 Å². The maximum absolute atomic E-state index is 12.6. The predicted octanol–water partition coefficient (Wildman–Crippen LogP) is 0.957. The van der Waals surface area contributed by atoms with Crippen LogP contribution in [0.15, 0.2) is 41.3 Å². The topological polar surface area (TPSA) is 134 Å². The van der Waals surface area contributed by atoms with E-state index in [4.69, 9.17) is 9.84 Å². The number of aromatic nitrogens is 2. The van der Waals surface area contributed by atoms with Gasteiger partial charge in [-0.25, -0.2) is 4.98 Å². The average molecular weight is 438 g/mol. The van der Waals surface area contributed by atoms with E-state index in [1.807, 2.05) is 24.3 Å². The van der Waals surface area contributed by atoms with Crippen LogP contribution in [0.5, 0.6) is 5.75 Å². The van der Waals surface area contributed by atoms with Crippen molar-refractivity contribution in [3.05, 3.63) is 52.4 Å². The van der Waals surface area contributed by atoms with Crippen molar-refractivity contribution in [2.75, 3.05) is 37.7 Å². The molecule has 0 aliphatic carbocycles. The number of carboxylic acid groups (broad SMARTS) is 1. The lowest BCUT2D eigenvalue weighted by atomic mass is 10.0. The summed E-state index contributed by atoms with van der Waals surface area (Å²) < 4.78 is 6.56. The zero-order chi connectivity index (χ0) is 22.8. The van der Waals surface area contributed by atoms with Gasteiger partial charge in [-0.3, -0.25) is 19.0 Å². The van der Waals surface area contributed by atoms with Crippen LogP contribution in [0, 0.1) is 0 Å². The second-order valence-electron chi connectivity index (χ2n) is 7.41. The standard InChI is InChI=1S/C22H22N4O6/c1-25-20-16(19(29)18(22(25)31)21(30)24-12-17(27)28)10-14(11-23-20)13-3-2-4-15(9-13)26-5-7-32-8-6-26/h2-4,9-11,29H,5-8,12H2,1H3,(H,24,30)(H,27,28). The predicted molar refractivity (Wildman–Crippen MR) is 117 cm³/mol. The largest absolute Gasteiger partial charge is 0.506 e. The van der Waals surface area contributed by atoms with Crippen LogP contribution < -0.4 is 15.8 Å². The maximum atomic E-state index is 12.6. The number of aliphatic carboxylic acids is 1. The van der Waals surface area contributed by atoms with Crippen LogP contribution in [-0.2, 0) is 16.6 Å². The summed E-state index contributed by atoms with van der Waals surface area (Å²) in [5.74, 6) is -2.77. The number of aryl methyl sites for hydroxylation is 1. The van der Waals surface area contributed by atoms with Crippen molar-refractivity contribution >= 4 is 28.6 Å². The van der Waals surface area contributed by atoms with Gasteiger partial charge in [0.1, 0.15) is 23.5 Å². The minimum atomic E-state index is -1.26. The van der Waals surface area contributed by atoms with Crippen LogP contribution in [0.3, 0.4) is 0 Å². The van der Waals surface area contributed by atoms with Gasteiger partial charge in [-0.2, -0.15) is 0 Å². The summed E-state index contributed by atoms with van der Waals surface area (Å²) in [5.41, 5.74) is 1.49. The number of morpholine rings is 1. The molecule has 166 valence electrons. The second-order valence-corrected chi connectivity index (χ2v) is 7.41. The van der Waals surface area contributed by atoms with Crippen molar-refractivity contribution in [1.82, 2.24) is 14.9 Å². The first-order valence-electron chi connectivity index (χ1n) is 10.0. The molecule has 1 amide bonds. The molecule has 1 aliphatic rings. The van der Waals surface area contributed by atoms with Crippen molar-refractivity contribution in [2.45, 2.75) is 0 Å². The van der Waals surface area contributed by atoms with Crippen molar-refractivity contribution in [1.29, 1.82) is 0 Å². The molecule has 1 aliphatic heterocycles. The Morgan fingerprint density at radius 2 is 1.94 bits per heavy atom. The highest BCUT2D eigenvalue weighted by Crippen LogP contribution is 2.31. The summed E-state index contributed by atoms with van der Waals surface area (Å²) in [6.07, 6.45) is 1.60. The summed E-state index contributed by atoms with van der Waals surface area (Å²) in [6, 6.07) is 9.51. The first-order chi connectivity index (χ1) is 15.4. The molecule has 2 aromatic heterocycles. The molecule has 3 aromatic rings. The SMILES string of the molecule is Cn1c(=O)c(C(=O)NCC(=O)O)c(O)c2cc(-c3cccc(N4CCOCC4)c3)cnc21. The summed E-state index contributed by atoms with van der Waals surface area (Å²) >= 11 is 0. The number of pyridine rings is 2. The number of nitrogens with one attached hydrogen (secondary N) is 1. The molecule has 0 spiro atoms. The number of aromatic hydroxyl groups is 1. The fourth-order valence-corrected chi connectivity index (χ4v) is 3.71. The molecule has 0 radical (unpaired) electrons. The van der Waals surface area contributed by atoms with Gasteiger partial charge >= 0.3 is 5.97 Å². The van der Waals surface area contributed by atoms with E-state index in [1.165, 1.54) is 7.05 Å². The third-order valence-corrected chi connectivity index (χ3v) is 5.38. The number of anilines is 1. The summed E-state index contributed by atoms with van der Waals surface area (Å²) in [5, 5.41) is 21.8. The van der Waals surface area contributed by atoms with E-state index in [0.717, 1.165) is 28.9 Å². The monoisotopic (exact) mass is 438 g/mol. The highest BCUT2D eigenvalue weighted by atomic mass is 16.5. The molecular weight excluding hydrogens is 416 g/mol. The fourth-order valence-electron chi connectivity index (χ4n) is 3.71. The minimum Gasteiger partial charge on any atom is -0.506 e. The molecule has 3 heterocycles. The Labute approximate surface area is 182 Å². The molecule has 1 saturated heterocycles. The van der Waals surface area contributed by atoms with E-state index in [1.54, 1.807) is 12.3 Å². The van der Waals surface area contributed by atoms with Gasteiger partial charge in [0.05, 0.1) is 18.6 Å². The van der Waals surface area contributed by atoms with Crippen LogP contribution in [0.2, 0.25) is 0 Å². The Bertz CT molecular complexity index is 1260. The second kappa shape index (κ2) is 8.67. The highest BCUT2D eigenvalue weighted by molar-refractivity contribution is 6.03. The number of benzene rings is 1. The highest BCUT2D eigenvalue weighted by Gasteiger charge is 2.22. The Kier molecular flexibility index (Phi) is 5.78. The van der Waals surface area contributed by atoms with Gasteiger partial charge < -0.3 is 25.2 Å². The number of fused-ring (bicyclic) bond motifs is 1. The van der Waals surface area contributed by atoms with Gasteiger partial charge in [0, 0.05) is 37.6 Å². The van der Waals surface area contributed by atoms with E-state index in [2.05, 4.69) is 15.2 Å². The average Bonchev–Trinajstić information content (AvgIpc) is 2.81. The third-order valence-electron chi connectivity index (χ3n) is 5.38. The Morgan fingerprint density at radius 3 is 2.66 bits per heavy atom. The van der Waals surface area contributed by atoms with E-state index in [-0.39, 0.29) is 11.0 Å². The van der Waals surface area contributed by atoms with E-state index in [9.17, 15) is 19.5 Å². The van der Waals surface area contributed by atoms with Gasteiger partial charge in [0.25, 0.3) is 11.5 Å². The van der Waals surface area contributed by atoms with Crippen molar-refractivity contribution < 1.29 is 24.5 Å². The molecule has 0 atom stereocenters. The van der Waals surface area contributed by atoms with Crippen LogP contribution in [0.1, 0.15) is 10.4 Å². The summed E-state index contributed by atoms with van der Waals surface area (Å²) in [4.78, 5) is 42.3. The number of rotatable bonds is 5. The van der Waals surface area contributed by atoms with E-state index < -0.39 is 35.3 Å². The molecule has 1 fully saturated rings. The van der Waals surface area contributed by atoms with Crippen molar-refractivity contribution in [3.8, 4) is 16.9 Å². The molecule has 0 unspecified atom stereocenters. The van der Waals surface area contributed by atoms with E-state index >= 15 is 0 Å². The van der Waals surface area contributed by atoms with Gasteiger partial charge in [-0.1, -0.05) is 12.1 Å². The van der Waals surface area contributed by atoms with Gasteiger partial charge in [-0.15, -0.1) is 0 Å². The smallest absolute Gasteiger partial charge is 0.322 e. The number of carbonyl (C=O) groups is 2. The normalized spacial score (nSPS) is 13.8. The number of carbonyl (C=O) groups excluding carboxylic acids is 1. The molecule has 10 nitrogen and oxygen atoms in total. The lowest BCUT2D eigenvalue weighted by Crippen LogP contribution is -2.36. The van der Waals surface area contributed by atoms with Crippen molar-refractivity contribution in [3.63, 3.8) is 0 Å². The maximum Gasteiger partial charge on any atom is 0.322 e. The zero-order valence-corrected chi connectivity index (χ0v) is 17.4. The minimum absolute atomic E-state index is 0.204. The number of hydrogen-bond acceptors (Lipinski definition) is 7. The lowest BCUT2D eigenvalue weighted by Gasteiger charge is -2.29. The summed E-state index contributed by atoms with van der Waals surface area (Å²) in [7, 11) is 1.43. The van der Waals surface area contributed by atoms with Gasteiger partial charge in [-0.05, 0) is 23.8 Å². The molecule has 32 heavy (non-hydrogen) atoms. The molecular formula is C22H22N4O6.